The second-order valence-electron chi connectivity index (χ2n) is 17.5. The van der Waals surface area contributed by atoms with Gasteiger partial charge in [-0.2, -0.15) is 0 Å². The van der Waals surface area contributed by atoms with E-state index in [1.54, 1.807) is 49.6 Å². The van der Waals surface area contributed by atoms with Gasteiger partial charge in [0.2, 0.25) is 0 Å². The molecule has 7 rings (SSSR count). The molecule has 3 saturated carbocycles. The molecule has 61 heavy (non-hydrogen) atoms. The number of aliphatic hydroxyl groups is 3. The lowest BCUT2D eigenvalue weighted by Crippen LogP contribution is -2.82. The molecule has 1 amide bonds. The zero-order valence-corrected chi connectivity index (χ0v) is 35.7. The van der Waals surface area contributed by atoms with E-state index in [-0.39, 0.29) is 42.3 Å². The number of fused-ring (bicyclic) bond motifs is 5. The van der Waals surface area contributed by atoms with Crippen LogP contribution in [0, 0.1) is 16.7 Å². The lowest BCUT2D eigenvalue weighted by Gasteiger charge is -2.67. The third-order valence-corrected chi connectivity index (χ3v) is 14.7. The molecule has 4 N–H and O–H groups in total. The second-order valence-corrected chi connectivity index (χ2v) is 18.4. The smallest absolute Gasteiger partial charge is 0.408 e. The average molecular weight is 868 g/mol. The van der Waals surface area contributed by atoms with Crippen molar-refractivity contribution in [3.63, 3.8) is 0 Å². The number of thiophene rings is 1. The van der Waals surface area contributed by atoms with Gasteiger partial charge in [0.1, 0.15) is 36.1 Å². The molecule has 1 aliphatic heterocycles. The van der Waals surface area contributed by atoms with Crippen LogP contribution in [0.25, 0.3) is 0 Å². The van der Waals surface area contributed by atoms with Crippen LogP contribution in [-0.4, -0.2) is 112 Å². The number of rotatable bonds is 11. The van der Waals surface area contributed by atoms with Crippen LogP contribution in [0.4, 0.5) is 4.79 Å². The van der Waals surface area contributed by atoms with Crippen molar-refractivity contribution in [2.75, 3.05) is 6.61 Å². The minimum atomic E-state index is -2.38. The predicted molar refractivity (Wildman–Crippen MR) is 214 cm³/mol. The topological polar surface area (TPSA) is 231 Å². The number of alkyl carbamates (subject to hydrolysis) is 1. The molecule has 2 heterocycles. The van der Waals surface area contributed by atoms with Crippen molar-refractivity contribution in [1.82, 2.24) is 5.32 Å². The Morgan fingerprint density at radius 3 is 2.28 bits per heavy atom. The highest BCUT2D eigenvalue weighted by Crippen LogP contribution is 2.64. The Balaban J connectivity index is 1.38. The van der Waals surface area contributed by atoms with Gasteiger partial charge in [-0.1, -0.05) is 45.0 Å². The Labute approximate surface area is 356 Å². The van der Waals surface area contributed by atoms with Gasteiger partial charge in [0.05, 0.1) is 29.6 Å². The van der Waals surface area contributed by atoms with Gasteiger partial charge >= 0.3 is 30.0 Å². The molecule has 0 radical (unpaired) electrons. The Kier molecular flexibility index (Phi) is 12.0. The van der Waals surface area contributed by atoms with Crippen LogP contribution in [0.2, 0.25) is 0 Å². The molecule has 5 aliphatic rings. The van der Waals surface area contributed by atoms with Gasteiger partial charge in [0.15, 0.2) is 23.6 Å². The maximum Gasteiger partial charge on any atom is 0.408 e. The molecular weight excluding hydrogens is 815 g/mol. The number of nitrogens with one attached hydrogen (secondary N) is 1. The highest BCUT2D eigenvalue weighted by molar-refractivity contribution is 7.10. The van der Waals surface area contributed by atoms with Gasteiger partial charge < -0.3 is 49.1 Å². The number of amides is 1. The maximum absolute atomic E-state index is 15.5. The summed E-state index contributed by atoms with van der Waals surface area (Å²) in [7, 11) is 0. The van der Waals surface area contributed by atoms with Crippen LogP contribution in [-0.2, 0) is 47.6 Å². The van der Waals surface area contributed by atoms with E-state index in [0.29, 0.717) is 17.7 Å². The van der Waals surface area contributed by atoms with Crippen LogP contribution in [0.3, 0.4) is 0 Å². The molecule has 11 atom stereocenters. The lowest BCUT2D eigenvalue weighted by atomic mass is 9.44. The van der Waals surface area contributed by atoms with Crippen molar-refractivity contribution in [1.29, 1.82) is 0 Å². The Hall–Kier alpha value is -4.68. The van der Waals surface area contributed by atoms with Crippen molar-refractivity contribution in [3.05, 3.63) is 69.4 Å². The minimum Gasteiger partial charge on any atom is -0.456 e. The van der Waals surface area contributed by atoms with Gasteiger partial charge in [-0.15, -0.1) is 11.3 Å². The number of Topliss-reactive ketones (excluding diaryl/α,β-unsaturated/α-hetero) is 1. The first-order valence-corrected chi connectivity index (χ1v) is 21.5. The molecule has 1 saturated heterocycles. The quantitative estimate of drug-likeness (QED) is 0.142. The van der Waals surface area contributed by atoms with Crippen LogP contribution < -0.4 is 5.32 Å². The summed E-state index contributed by atoms with van der Waals surface area (Å²) in [4.78, 5) is 83.7. The number of hydrogen-bond donors (Lipinski definition) is 4. The monoisotopic (exact) mass is 867 g/mol. The molecule has 16 nitrogen and oxygen atoms in total. The summed E-state index contributed by atoms with van der Waals surface area (Å²) in [6.45, 7) is 8.46. The highest BCUT2D eigenvalue weighted by atomic mass is 32.1. The first kappa shape index (κ1) is 44.4. The van der Waals surface area contributed by atoms with Crippen molar-refractivity contribution in [3.8, 4) is 0 Å². The van der Waals surface area contributed by atoms with E-state index in [2.05, 4.69) is 5.32 Å². The van der Waals surface area contributed by atoms with E-state index in [4.69, 9.17) is 28.4 Å². The number of ether oxygens (including phenoxy) is 6. The van der Waals surface area contributed by atoms with Crippen molar-refractivity contribution < 1.29 is 72.5 Å². The summed E-state index contributed by atoms with van der Waals surface area (Å²) in [5.41, 5.74) is -7.58. The number of hydrogen-bond acceptors (Lipinski definition) is 16. The van der Waals surface area contributed by atoms with Gasteiger partial charge in [-0.3, -0.25) is 14.4 Å². The predicted octanol–water partition coefficient (Wildman–Crippen LogP) is 4.04. The van der Waals surface area contributed by atoms with Gasteiger partial charge in [0.25, 0.3) is 0 Å². The van der Waals surface area contributed by atoms with Gasteiger partial charge in [-0.25, -0.2) is 14.4 Å². The first-order valence-electron chi connectivity index (χ1n) is 20.6. The number of esters is 4. The molecule has 1 aromatic carbocycles. The summed E-state index contributed by atoms with van der Waals surface area (Å²) >= 11 is 1.17. The molecular formula is C44H53NO15S. The lowest BCUT2D eigenvalue weighted by molar-refractivity contribution is -0.346. The molecule has 1 aromatic heterocycles. The van der Waals surface area contributed by atoms with Crippen LogP contribution in [0.1, 0.15) is 101 Å². The fourth-order valence-electron chi connectivity index (χ4n) is 9.99. The zero-order valence-electron chi connectivity index (χ0n) is 34.9. The Morgan fingerprint density at radius 2 is 1.70 bits per heavy atom. The second kappa shape index (κ2) is 16.5. The molecule has 4 aliphatic carbocycles. The number of ketones is 1. The highest BCUT2D eigenvalue weighted by Gasteiger charge is 2.78. The SMILES string of the molecule is CCC(=O)OC1C(=O)[C@]2(C)C(O)C[C@H]3OC[C@@]3(OC(C)=O)C2[C@H](OC(=O)c2ccccc2)[C@]2(O)C[C@H](OC(=O)[C@H](O)[C@@H](NC(=O)OC3CCC3)c3cccs3)C(C)=C1C2(C)C. The molecule has 17 heteroatoms. The molecule has 4 fully saturated rings. The van der Waals surface area contributed by atoms with E-state index >= 15 is 4.79 Å². The van der Waals surface area contributed by atoms with Crippen LogP contribution >= 0.6 is 11.3 Å². The van der Waals surface area contributed by atoms with Crippen molar-refractivity contribution >= 4 is 47.1 Å². The molecule has 330 valence electrons. The largest absolute Gasteiger partial charge is 0.456 e. The summed E-state index contributed by atoms with van der Waals surface area (Å²) in [5.74, 6) is -6.12. The Morgan fingerprint density at radius 1 is 1.00 bits per heavy atom. The Bertz CT molecular complexity index is 2080. The standard InChI is InChI=1S/C44H53NO15S/c1-7-30(48)58-34-31-22(2)26(57-39(52)33(49)32(27-17-12-18-61-27)45-40(53)56-25-15-11-16-25)20-44(54,41(31,4)5)37(59-38(51)24-13-9-8-10-14-24)35-42(6,36(34)50)28(47)19-29-43(35,21-55-29)60-23(3)46/h8-10,12-14,17-18,25-26,28-29,32-35,37,47,49,54H,7,11,15-16,19-21H2,1-6H3,(H,45,53)/t26-,28?,29+,32-,33+,34?,35?,37-,42+,43-,44+/m0/s1. The number of aliphatic hydroxyl groups excluding tert-OH is 2. The van der Waals surface area contributed by atoms with E-state index in [1.807, 2.05) is 0 Å². The third-order valence-electron chi connectivity index (χ3n) is 13.7. The average Bonchev–Trinajstić information content (AvgIpc) is 3.74. The van der Waals surface area contributed by atoms with E-state index in [9.17, 15) is 39.3 Å². The maximum atomic E-state index is 15.5. The summed E-state index contributed by atoms with van der Waals surface area (Å²) in [6.07, 6.45) is -9.47. The zero-order chi connectivity index (χ0) is 44.2. The fraction of sp³-hybridized carbons (Fsp3) is 0.591. The summed E-state index contributed by atoms with van der Waals surface area (Å²) in [5, 5.41) is 41.7. The molecule has 3 unspecified atom stereocenters. The van der Waals surface area contributed by atoms with Gasteiger partial charge in [-0.05, 0) is 67.8 Å². The minimum absolute atomic E-state index is 0.0125. The molecule has 0 spiro atoms. The van der Waals surface area contributed by atoms with E-state index < -0.39 is 113 Å². The van der Waals surface area contributed by atoms with E-state index in [1.165, 1.54) is 44.2 Å². The normalized spacial score (nSPS) is 33.7. The van der Waals surface area contributed by atoms with Gasteiger partial charge in [0, 0.05) is 36.5 Å². The van der Waals surface area contributed by atoms with Crippen LogP contribution in [0.15, 0.2) is 59.0 Å². The molecule has 2 bridgehead atoms. The van der Waals surface area contributed by atoms with Crippen molar-refractivity contribution in [2.24, 2.45) is 16.7 Å². The molecule has 2 aromatic rings. The van der Waals surface area contributed by atoms with E-state index in [0.717, 1.165) is 13.3 Å². The van der Waals surface area contributed by atoms with Crippen molar-refractivity contribution in [2.45, 2.75) is 140 Å². The first-order chi connectivity index (χ1) is 28.8. The summed E-state index contributed by atoms with van der Waals surface area (Å²) < 4.78 is 35.8. The third kappa shape index (κ3) is 7.45. The number of benzene rings is 1. The summed E-state index contributed by atoms with van der Waals surface area (Å²) in [6, 6.07) is 9.83. The number of carbonyl (C=O) groups excluding carboxylic acids is 6. The fourth-order valence-corrected chi connectivity index (χ4v) is 10.8. The van der Waals surface area contributed by atoms with Crippen LogP contribution in [0.5, 0.6) is 0 Å². The number of carbonyl (C=O) groups is 6.